The van der Waals surface area contributed by atoms with Crippen molar-refractivity contribution in [3.63, 3.8) is 0 Å². The molecule has 0 saturated carbocycles. The Morgan fingerprint density at radius 2 is 1.94 bits per heavy atom. The maximum Gasteiger partial charge on any atom is 0.0558 e. The highest BCUT2D eigenvalue weighted by molar-refractivity contribution is 7.80. The summed E-state index contributed by atoms with van der Waals surface area (Å²) >= 11 is 4.45. The average Bonchev–Trinajstić information content (AvgIpc) is 2.37. The molecule has 0 heterocycles. The molecular formula is C14H23NOS. The van der Waals surface area contributed by atoms with Gasteiger partial charge in [0, 0.05) is 19.0 Å². The van der Waals surface area contributed by atoms with Crippen LogP contribution in [-0.2, 0) is 0 Å². The molecule has 0 aliphatic carbocycles. The zero-order valence-electron chi connectivity index (χ0n) is 10.5. The Balaban J connectivity index is 2.61. The van der Waals surface area contributed by atoms with E-state index in [1.165, 1.54) is 5.56 Å². The molecule has 0 aliphatic heterocycles. The second-order valence-electron chi connectivity index (χ2n) is 4.31. The van der Waals surface area contributed by atoms with E-state index in [4.69, 9.17) is 5.11 Å². The van der Waals surface area contributed by atoms with E-state index in [2.05, 4.69) is 48.7 Å². The normalized spacial score (nSPS) is 12.9. The Morgan fingerprint density at radius 3 is 2.47 bits per heavy atom. The van der Waals surface area contributed by atoms with Crippen molar-refractivity contribution in [1.82, 2.24) is 4.90 Å². The zero-order valence-corrected chi connectivity index (χ0v) is 11.4. The second kappa shape index (κ2) is 8.56. The van der Waals surface area contributed by atoms with Crippen LogP contribution in [0.4, 0.5) is 0 Å². The van der Waals surface area contributed by atoms with Gasteiger partial charge in [0.25, 0.3) is 0 Å². The standard InChI is InChI=1S/C14H23NOS/c1-2-8-15(9-10-16)11-14(12-17)13-6-4-3-5-7-13/h3-7,14,16-17H,2,8-12H2,1H3. The zero-order chi connectivity index (χ0) is 12.5. The number of aliphatic hydroxyl groups is 1. The molecule has 1 rings (SSSR count). The van der Waals surface area contributed by atoms with Crippen molar-refractivity contribution in [3.8, 4) is 0 Å². The fraction of sp³-hybridized carbons (Fsp3) is 0.571. The predicted octanol–water partition coefficient (Wildman–Crippen LogP) is 2.40. The minimum Gasteiger partial charge on any atom is -0.395 e. The monoisotopic (exact) mass is 253 g/mol. The van der Waals surface area contributed by atoms with Crippen LogP contribution in [0, 0.1) is 0 Å². The molecule has 0 spiro atoms. The van der Waals surface area contributed by atoms with Gasteiger partial charge in [0.1, 0.15) is 0 Å². The number of benzene rings is 1. The van der Waals surface area contributed by atoms with E-state index < -0.39 is 0 Å². The van der Waals surface area contributed by atoms with E-state index in [9.17, 15) is 0 Å². The second-order valence-corrected chi connectivity index (χ2v) is 4.68. The third-order valence-electron chi connectivity index (χ3n) is 2.93. The highest BCUT2D eigenvalue weighted by Crippen LogP contribution is 2.18. The lowest BCUT2D eigenvalue weighted by molar-refractivity contribution is 0.190. The third kappa shape index (κ3) is 5.11. The molecule has 1 N–H and O–H groups in total. The van der Waals surface area contributed by atoms with Gasteiger partial charge in [-0.2, -0.15) is 12.6 Å². The lowest BCUT2D eigenvalue weighted by Crippen LogP contribution is -2.32. The summed E-state index contributed by atoms with van der Waals surface area (Å²) in [6, 6.07) is 10.5. The van der Waals surface area contributed by atoms with Crippen LogP contribution in [-0.4, -0.2) is 42.0 Å². The van der Waals surface area contributed by atoms with Crippen LogP contribution in [0.1, 0.15) is 24.8 Å². The molecule has 0 bridgehead atoms. The van der Waals surface area contributed by atoms with Gasteiger partial charge in [0.05, 0.1) is 6.61 Å². The number of hydrogen-bond donors (Lipinski definition) is 2. The maximum atomic E-state index is 9.06. The first-order chi connectivity index (χ1) is 8.31. The molecule has 3 heteroatoms. The van der Waals surface area contributed by atoms with Gasteiger partial charge in [0.2, 0.25) is 0 Å². The van der Waals surface area contributed by atoms with Crippen LogP contribution in [0.15, 0.2) is 30.3 Å². The van der Waals surface area contributed by atoms with Gasteiger partial charge < -0.3 is 10.0 Å². The summed E-state index contributed by atoms with van der Waals surface area (Å²) in [4.78, 5) is 2.31. The largest absolute Gasteiger partial charge is 0.395 e. The molecule has 0 amide bonds. The van der Waals surface area contributed by atoms with E-state index in [0.717, 1.165) is 31.8 Å². The van der Waals surface area contributed by atoms with Gasteiger partial charge in [0.15, 0.2) is 0 Å². The summed E-state index contributed by atoms with van der Waals surface area (Å²) in [5, 5.41) is 9.06. The van der Waals surface area contributed by atoms with E-state index in [0.29, 0.717) is 5.92 Å². The van der Waals surface area contributed by atoms with Gasteiger partial charge in [-0.25, -0.2) is 0 Å². The lowest BCUT2D eigenvalue weighted by atomic mass is 10.0. The fourth-order valence-electron chi connectivity index (χ4n) is 2.06. The van der Waals surface area contributed by atoms with Crippen LogP contribution in [0.25, 0.3) is 0 Å². The van der Waals surface area contributed by atoms with Crippen molar-refractivity contribution >= 4 is 12.6 Å². The Labute approximate surface area is 110 Å². The Hall–Kier alpha value is -0.510. The number of aliphatic hydroxyl groups excluding tert-OH is 1. The van der Waals surface area contributed by atoms with Crippen molar-refractivity contribution in [2.24, 2.45) is 0 Å². The van der Waals surface area contributed by atoms with E-state index >= 15 is 0 Å². The predicted molar refractivity (Wildman–Crippen MR) is 76.9 cm³/mol. The third-order valence-corrected chi connectivity index (χ3v) is 3.37. The molecule has 0 radical (unpaired) electrons. The number of hydrogen-bond acceptors (Lipinski definition) is 3. The molecule has 0 fully saturated rings. The van der Waals surface area contributed by atoms with Gasteiger partial charge in [-0.15, -0.1) is 0 Å². The van der Waals surface area contributed by atoms with E-state index in [-0.39, 0.29) is 6.61 Å². The number of rotatable bonds is 8. The summed E-state index contributed by atoms with van der Waals surface area (Å²) in [5.74, 6) is 1.29. The first-order valence-corrected chi connectivity index (χ1v) is 6.94. The molecule has 17 heavy (non-hydrogen) atoms. The summed E-state index contributed by atoms with van der Waals surface area (Å²) in [6.07, 6.45) is 1.12. The van der Waals surface area contributed by atoms with Crippen molar-refractivity contribution in [2.45, 2.75) is 19.3 Å². The molecule has 0 saturated heterocycles. The molecule has 0 aliphatic rings. The first-order valence-electron chi connectivity index (χ1n) is 6.30. The van der Waals surface area contributed by atoms with Gasteiger partial charge in [-0.3, -0.25) is 0 Å². The Bertz CT molecular complexity index is 286. The molecule has 96 valence electrons. The molecular weight excluding hydrogens is 230 g/mol. The maximum absolute atomic E-state index is 9.06. The number of thiol groups is 1. The van der Waals surface area contributed by atoms with Crippen molar-refractivity contribution < 1.29 is 5.11 Å². The van der Waals surface area contributed by atoms with Crippen molar-refractivity contribution in [1.29, 1.82) is 0 Å². The first kappa shape index (κ1) is 14.6. The molecule has 2 nitrogen and oxygen atoms in total. The van der Waals surface area contributed by atoms with Crippen LogP contribution in [0.5, 0.6) is 0 Å². The smallest absolute Gasteiger partial charge is 0.0558 e. The van der Waals surface area contributed by atoms with E-state index in [1.54, 1.807) is 0 Å². The molecule has 1 aromatic rings. The lowest BCUT2D eigenvalue weighted by Gasteiger charge is -2.26. The van der Waals surface area contributed by atoms with Crippen LogP contribution < -0.4 is 0 Å². The van der Waals surface area contributed by atoms with Crippen LogP contribution >= 0.6 is 12.6 Å². The topological polar surface area (TPSA) is 23.5 Å². The highest BCUT2D eigenvalue weighted by Gasteiger charge is 2.13. The Morgan fingerprint density at radius 1 is 1.24 bits per heavy atom. The summed E-state index contributed by atoms with van der Waals surface area (Å²) in [7, 11) is 0. The van der Waals surface area contributed by atoms with Gasteiger partial charge >= 0.3 is 0 Å². The minimum absolute atomic E-state index is 0.230. The fourth-order valence-corrected chi connectivity index (χ4v) is 2.38. The van der Waals surface area contributed by atoms with Crippen LogP contribution in [0.2, 0.25) is 0 Å². The summed E-state index contributed by atoms with van der Waals surface area (Å²) < 4.78 is 0. The average molecular weight is 253 g/mol. The summed E-state index contributed by atoms with van der Waals surface area (Å²) in [5.41, 5.74) is 1.33. The van der Waals surface area contributed by atoms with E-state index in [1.807, 2.05) is 6.07 Å². The molecule has 1 unspecified atom stereocenters. The summed E-state index contributed by atoms with van der Waals surface area (Å²) in [6.45, 7) is 5.17. The van der Waals surface area contributed by atoms with Crippen LogP contribution in [0.3, 0.4) is 0 Å². The van der Waals surface area contributed by atoms with Gasteiger partial charge in [-0.1, -0.05) is 37.3 Å². The molecule has 1 aromatic carbocycles. The molecule has 1 atom stereocenters. The highest BCUT2D eigenvalue weighted by atomic mass is 32.1. The van der Waals surface area contributed by atoms with Crippen molar-refractivity contribution in [2.75, 3.05) is 32.0 Å². The SMILES string of the molecule is CCCN(CCO)CC(CS)c1ccccc1. The molecule has 0 aromatic heterocycles. The van der Waals surface area contributed by atoms with Gasteiger partial charge in [-0.05, 0) is 24.3 Å². The Kier molecular flexibility index (Phi) is 7.33. The quantitative estimate of drug-likeness (QED) is 0.695. The minimum atomic E-state index is 0.230. The number of nitrogens with zero attached hydrogens (tertiary/aromatic N) is 1. The van der Waals surface area contributed by atoms with Crippen molar-refractivity contribution in [3.05, 3.63) is 35.9 Å².